The van der Waals surface area contributed by atoms with E-state index in [1.807, 2.05) is 12.1 Å². The van der Waals surface area contributed by atoms with Gasteiger partial charge in [0.15, 0.2) is 0 Å². The van der Waals surface area contributed by atoms with Crippen LogP contribution in [0.2, 0.25) is 5.02 Å². The fraction of sp³-hybridized carbons (Fsp3) is 0.455. The van der Waals surface area contributed by atoms with Crippen molar-refractivity contribution in [2.75, 3.05) is 43.6 Å². The summed E-state index contributed by atoms with van der Waals surface area (Å²) in [5.41, 5.74) is 2.22. The summed E-state index contributed by atoms with van der Waals surface area (Å²) in [5, 5.41) is 4.11. The van der Waals surface area contributed by atoms with Crippen LogP contribution in [0.3, 0.4) is 0 Å². The quantitative estimate of drug-likeness (QED) is 0.856. The SMILES string of the molecule is COCCN1CCNc2c(Cl)cccc21. The normalized spacial score (nSPS) is 14.7. The zero-order chi connectivity index (χ0) is 10.7. The first-order chi connectivity index (χ1) is 7.33. The maximum atomic E-state index is 6.12. The topological polar surface area (TPSA) is 24.5 Å². The summed E-state index contributed by atoms with van der Waals surface area (Å²) in [4.78, 5) is 2.29. The molecule has 1 N–H and O–H groups in total. The van der Waals surface area contributed by atoms with Gasteiger partial charge in [0, 0.05) is 26.7 Å². The molecular weight excluding hydrogens is 212 g/mol. The summed E-state index contributed by atoms with van der Waals surface area (Å²) in [6, 6.07) is 5.98. The molecule has 82 valence electrons. The number of benzene rings is 1. The third-order valence-corrected chi connectivity index (χ3v) is 2.90. The number of para-hydroxylation sites is 1. The number of halogens is 1. The van der Waals surface area contributed by atoms with Crippen molar-refractivity contribution < 1.29 is 4.74 Å². The Morgan fingerprint density at radius 3 is 3.20 bits per heavy atom. The Morgan fingerprint density at radius 1 is 1.53 bits per heavy atom. The van der Waals surface area contributed by atoms with E-state index in [4.69, 9.17) is 16.3 Å². The molecule has 0 radical (unpaired) electrons. The minimum absolute atomic E-state index is 0.742. The number of hydrogen-bond donors (Lipinski definition) is 1. The molecule has 1 aromatic carbocycles. The van der Waals surface area contributed by atoms with Gasteiger partial charge in [0.1, 0.15) is 0 Å². The van der Waals surface area contributed by atoms with Crippen molar-refractivity contribution in [2.24, 2.45) is 0 Å². The molecule has 0 atom stereocenters. The molecule has 0 saturated carbocycles. The number of hydrogen-bond acceptors (Lipinski definition) is 3. The maximum absolute atomic E-state index is 6.12. The lowest BCUT2D eigenvalue weighted by atomic mass is 10.2. The van der Waals surface area contributed by atoms with Gasteiger partial charge in [-0.15, -0.1) is 0 Å². The zero-order valence-electron chi connectivity index (χ0n) is 8.79. The van der Waals surface area contributed by atoms with Crippen molar-refractivity contribution in [1.82, 2.24) is 0 Å². The number of methoxy groups -OCH3 is 1. The monoisotopic (exact) mass is 226 g/mol. The van der Waals surface area contributed by atoms with Crippen LogP contribution in [0, 0.1) is 0 Å². The summed E-state index contributed by atoms with van der Waals surface area (Å²) in [5.74, 6) is 0. The highest BCUT2D eigenvalue weighted by Gasteiger charge is 2.17. The minimum Gasteiger partial charge on any atom is -0.383 e. The van der Waals surface area contributed by atoms with Crippen LogP contribution in [0.1, 0.15) is 0 Å². The van der Waals surface area contributed by atoms with Gasteiger partial charge in [0.05, 0.1) is 23.0 Å². The Kier molecular flexibility index (Phi) is 3.34. The van der Waals surface area contributed by atoms with Gasteiger partial charge in [-0.3, -0.25) is 0 Å². The van der Waals surface area contributed by atoms with E-state index in [2.05, 4.69) is 16.3 Å². The second kappa shape index (κ2) is 4.73. The van der Waals surface area contributed by atoms with Gasteiger partial charge in [0.2, 0.25) is 0 Å². The van der Waals surface area contributed by atoms with Crippen molar-refractivity contribution in [3.8, 4) is 0 Å². The predicted octanol–water partition coefficient (Wildman–Crippen LogP) is 2.22. The van der Waals surface area contributed by atoms with Crippen LogP contribution >= 0.6 is 11.6 Å². The highest BCUT2D eigenvalue weighted by molar-refractivity contribution is 6.34. The van der Waals surface area contributed by atoms with E-state index in [1.54, 1.807) is 7.11 Å². The molecule has 4 heteroatoms. The molecule has 1 aromatic rings. The van der Waals surface area contributed by atoms with Crippen LogP contribution in [0.15, 0.2) is 18.2 Å². The lowest BCUT2D eigenvalue weighted by Gasteiger charge is -2.32. The van der Waals surface area contributed by atoms with Gasteiger partial charge in [-0.2, -0.15) is 0 Å². The van der Waals surface area contributed by atoms with E-state index in [9.17, 15) is 0 Å². The highest BCUT2D eigenvalue weighted by Crippen LogP contribution is 2.34. The first-order valence-electron chi connectivity index (χ1n) is 5.09. The van der Waals surface area contributed by atoms with Gasteiger partial charge in [0.25, 0.3) is 0 Å². The van der Waals surface area contributed by atoms with Gasteiger partial charge < -0.3 is 15.0 Å². The largest absolute Gasteiger partial charge is 0.383 e. The Labute approximate surface area is 95.0 Å². The van der Waals surface area contributed by atoms with Crippen molar-refractivity contribution in [2.45, 2.75) is 0 Å². The van der Waals surface area contributed by atoms with Crippen LogP contribution in [0.25, 0.3) is 0 Å². The third-order valence-electron chi connectivity index (χ3n) is 2.58. The standard InChI is InChI=1S/C11H15ClN2O/c1-15-8-7-14-6-5-13-11-9(12)3-2-4-10(11)14/h2-4,13H,5-8H2,1H3. The number of ether oxygens (including phenoxy) is 1. The molecule has 3 nitrogen and oxygen atoms in total. The first-order valence-corrected chi connectivity index (χ1v) is 5.47. The van der Waals surface area contributed by atoms with Crippen molar-refractivity contribution >= 4 is 23.0 Å². The van der Waals surface area contributed by atoms with Crippen LogP contribution in [0.4, 0.5) is 11.4 Å². The molecule has 0 fully saturated rings. The van der Waals surface area contributed by atoms with Gasteiger partial charge in [-0.05, 0) is 12.1 Å². The molecular formula is C11H15ClN2O. The molecule has 2 rings (SSSR count). The molecule has 0 amide bonds. The van der Waals surface area contributed by atoms with Crippen molar-refractivity contribution in [3.05, 3.63) is 23.2 Å². The van der Waals surface area contributed by atoms with E-state index >= 15 is 0 Å². The summed E-state index contributed by atoms with van der Waals surface area (Å²) in [6.07, 6.45) is 0. The summed E-state index contributed by atoms with van der Waals surface area (Å²) in [7, 11) is 1.72. The average molecular weight is 227 g/mol. The highest BCUT2D eigenvalue weighted by atomic mass is 35.5. The summed E-state index contributed by atoms with van der Waals surface area (Å²) < 4.78 is 5.09. The molecule has 0 aliphatic carbocycles. The third kappa shape index (κ3) is 2.19. The Hall–Kier alpha value is -0.930. The van der Waals surface area contributed by atoms with E-state index in [0.717, 1.165) is 37.0 Å². The van der Waals surface area contributed by atoms with Crippen LogP contribution < -0.4 is 10.2 Å². The molecule has 0 unspecified atom stereocenters. The fourth-order valence-electron chi connectivity index (χ4n) is 1.82. The Bertz CT molecular complexity index is 343. The Morgan fingerprint density at radius 2 is 2.40 bits per heavy atom. The number of nitrogens with zero attached hydrogens (tertiary/aromatic N) is 1. The van der Waals surface area contributed by atoms with Crippen molar-refractivity contribution in [3.63, 3.8) is 0 Å². The van der Waals surface area contributed by atoms with Crippen LogP contribution in [0.5, 0.6) is 0 Å². The summed E-state index contributed by atoms with van der Waals surface area (Å²) in [6.45, 7) is 3.58. The van der Waals surface area contributed by atoms with E-state index in [1.165, 1.54) is 5.69 Å². The lowest BCUT2D eigenvalue weighted by Crippen LogP contribution is -2.36. The van der Waals surface area contributed by atoms with E-state index in [0.29, 0.717) is 0 Å². The second-order valence-electron chi connectivity index (χ2n) is 3.54. The zero-order valence-corrected chi connectivity index (χ0v) is 9.55. The maximum Gasteiger partial charge on any atom is 0.0767 e. The van der Waals surface area contributed by atoms with E-state index < -0.39 is 0 Å². The molecule has 15 heavy (non-hydrogen) atoms. The molecule has 0 spiro atoms. The number of rotatable bonds is 3. The Balaban J connectivity index is 2.22. The first kappa shape index (κ1) is 10.6. The molecule has 1 heterocycles. The molecule has 0 saturated heterocycles. The molecule has 1 aliphatic heterocycles. The fourth-order valence-corrected chi connectivity index (χ4v) is 2.06. The van der Waals surface area contributed by atoms with E-state index in [-0.39, 0.29) is 0 Å². The van der Waals surface area contributed by atoms with Crippen LogP contribution in [-0.2, 0) is 4.74 Å². The second-order valence-corrected chi connectivity index (χ2v) is 3.95. The van der Waals surface area contributed by atoms with Crippen molar-refractivity contribution in [1.29, 1.82) is 0 Å². The average Bonchev–Trinajstić information content (AvgIpc) is 2.27. The lowest BCUT2D eigenvalue weighted by molar-refractivity contribution is 0.205. The number of nitrogens with one attached hydrogen (secondary N) is 1. The molecule has 1 aliphatic rings. The van der Waals surface area contributed by atoms with Crippen LogP contribution in [-0.4, -0.2) is 33.4 Å². The minimum atomic E-state index is 0.742. The smallest absolute Gasteiger partial charge is 0.0767 e. The van der Waals surface area contributed by atoms with Gasteiger partial charge in [-0.1, -0.05) is 17.7 Å². The number of anilines is 2. The predicted molar refractivity (Wildman–Crippen MR) is 64.0 cm³/mol. The van der Waals surface area contributed by atoms with Gasteiger partial charge in [-0.25, -0.2) is 0 Å². The van der Waals surface area contributed by atoms with Gasteiger partial charge >= 0.3 is 0 Å². The molecule has 0 bridgehead atoms. The molecule has 0 aromatic heterocycles. The number of fused-ring (bicyclic) bond motifs is 1. The summed E-state index contributed by atoms with van der Waals surface area (Å²) >= 11 is 6.12.